The van der Waals surface area contributed by atoms with Gasteiger partial charge in [0.2, 0.25) is 0 Å². The van der Waals surface area contributed by atoms with Crippen LogP contribution in [0.4, 0.5) is 5.69 Å². The number of benzene rings is 2. The Balaban J connectivity index is 1.32. The van der Waals surface area contributed by atoms with E-state index in [2.05, 4.69) is 34.4 Å². The SMILES string of the molecule is Cc1cc(Oc2nc(C3(c4ccc(Cl)cc4)CC3)ns2)c(C)cc1/N=C\N1CCCCC1. The second-order valence-electron chi connectivity index (χ2n) is 8.82. The molecule has 2 fully saturated rings. The van der Waals surface area contributed by atoms with Crippen molar-refractivity contribution < 1.29 is 4.74 Å². The maximum Gasteiger partial charge on any atom is 0.298 e. The molecular formula is C25H27ClN4OS. The summed E-state index contributed by atoms with van der Waals surface area (Å²) in [6.07, 6.45) is 7.91. The fourth-order valence-corrected chi connectivity index (χ4v) is 5.04. The number of aliphatic imine (C=N–C) groups is 1. The zero-order chi connectivity index (χ0) is 22.1. The fraction of sp³-hybridized carbons (Fsp3) is 0.400. The topological polar surface area (TPSA) is 50.6 Å². The predicted molar refractivity (Wildman–Crippen MR) is 131 cm³/mol. The summed E-state index contributed by atoms with van der Waals surface area (Å²) in [7, 11) is 0. The Labute approximate surface area is 198 Å². The Morgan fingerprint density at radius 1 is 1.06 bits per heavy atom. The Bertz CT molecular complexity index is 1130. The standard InChI is InChI=1S/C25H27ClN4OS/c1-17-15-22(18(2)14-21(17)27-16-30-12-4-3-5-13-30)31-24-28-23(29-32-24)25(10-11-25)19-6-8-20(26)9-7-19/h6-9,14-16H,3-5,10-13H2,1-2H3/b27-16-. The minimum absolute atomic E-state index is 0.0965. The number of nitrogens with zero attached hydrogens (tertiary/aromatic N) is 4. The van der Waals surface area contributed by atoms with Crippen molar-refractivity contribution in [3.8, 4) is 10.9 Å². The zero-order valence-electron chi connectivity index (χ0n) is 18.5. The van der Waals surface area contributed by atoms with Crippen molar-refractivity contribution in [2.75, 3.05) is 13.1 Å². The number of ether oxygens (including phenoxy) is 1. The van der Waals surface area contributed by atoms with Crippen molar-refractivity contribution >= 4 is 35.2 Å². The molecular weight excluding hydrogens is 440 g/mol. The van der Waals surface area contributed by atoms with E-state index in [-0.39, 0.29) is 5.41 Å². The molecule has 7 heteroatoms. The van der Waals surface area contributed by atoms with Gasteiger partial charge in [0.15, 0.2) is 5.82 Å². The Hall–Kier alpha value is -2.44. The minimum atomic E-state index is -0.0965. The van der Waals surface area contributed by atoms with Crippen LogP contribution in [0.15, 0.2) is 41.4 Å². The second-order valence-corrected chi connectivity index (χ2v) is 9.97. The monoisotopic (exact) mass is 466 g/mol. The Kier molecular flexibility index (Phi) is 5.91. The van der Waals surface area contributed by atoms with E-state index in [1.807, 2.05) is 31.5 Å². The number of aromatic nitrogens is 2. The Morgan fingerprint density at radius 2 is 1.81 bits per heavy atom. The van der Waals surface area contributed by atoms with Crippen molar-refractivity contribution in [3.05, 3.63) is 63.9 Å². The van der Waals surface area contributed by atoms with Crippen LogP contribution in [0.2, 0.25) is 5.02 Å². The Morgan fingerprint density at radius 3 is 2.53 bits per heavy atom. The molecule has 3 aromatic rings. The van der Waals surface area contributed by atoms with E-state index in [1.165, 1.54) is 36.4 Å². The maximum absolute atomic E-state index is 6.16. The molecule has 0 unspecified atom stereocenters. The zero-order valence-corrected chi connectivity index (χ0v) is 20.0. The largest absolute Gasteiger partial charge is 0.430 e. The first-order chi connectivity index (χ1) is 15.5. The molecule has 0 radical (unpaired) electrons. The quantitative estimate of drug-likeness (QED) is 0.295. The van der Waals surface area contributed by atoms with Gasteiger partial charge in [-0.1, -0.05) is 23.7 Å². The van der Waals surface area contributed by atoms with Gasteiger partial charge in [0, 0.05) is 29.6 Å². The van der Waals surface area contributed by atoms with Crippen LogP contribution in [0.1, 0.15) is 54.6 Å². The minimum Gasteiger partial charge on any atom is -0.430 e. The van der Waals surface area contributed by atoms with Crippen LogP contribution in [0.5, 0.6) is 10.9 Å². The lowest BCUT2D eigenvalue weighted by Crippen LogP contribution is -2.28. The van der Waals surface area contributed by atoms with Gasteiger partial charge in [-0.2, -0.15) is 9.36 Å². The summed E-state index contributed by atoms with van der Waals surface area (Å²) < 4.78 is 10.8. The average molecular weight is 467 g/mol. The van der Waals surface area contributed by atoms with Crippen molar-refractivity contribution in [3.63, 3.8) is 0 Å². The molecule has 0 spiro atoms. The van der Waals surface area contributed by atoms with Gasteiger partial charge >= 0.3 is 0 Å². The molecule has 1 aliphatic heterocycles. The number of rotatable bonds is 6. The average Bonchev–Trinajstić information content (AvgIpc) is 3.48. The lowest BCUT2D eigenvalue weighted by atomic mass is 9.95. The van der Waals surface area contributed by atoms with E-state index >= 15 is 0 Å². The van der Waals surface area contributed by atoms with E-state index in [4.69, 9.17) is 26.3 Å². The molecule has 2 aromatic carbocycles. The molecule has 2 aliphatic rings. The number of halogens is 1. The van der Waals surface area contributed by atoms with E-state index in [0.29, 0.717) is 5.19 Å². The lowest BCUT2D eigenvalue weighted by molar-refractivity contribution is 0.351. The van der Waals surface area contributed by atoms with Crippen LogP contribution < -0.4 is 4.74 Å². The van der Waals surface area contributed by atoms with Gasteiger partial charge in [-0.15, -0.1) is 0 Å². The smallest absolute Gasteiger partial charge is 0.298 e. The highest BCUT2D eigenvalue weighted by Crippen LogP contribution is 2.53. The van der Waals surface area contributed by atoms with Crippen molar-refractivity contribution in [1.82, 2.24) is 14.3 Å². The van der Waals surface area contributed by atoms with Crippen LogP contribution in [0, 0.1) is 13.8 Å². The highest BCUT2D eigenvalue weighted by Gasteiger charge is 2.49. The maximum atomic E-state index is 6.16. The third-order valence-corrected chi connectivity index (χ3v) is 7.27. The summed E-state index contributed by atoms with van der Waals surface area (Å²) in [5.41, 5.74) is 4.23. The molecule has 2 heterocycles. The fourth-order valence-electron chi connectivity index (χ4n) is 4.28. The van der Waals surface area contributed by atoms with E-state index in [9.17, 15) is 0 Å². The molecule has 1 saturated carbocycles. The van der Waals surface area contributed by atoms with Gasteiger partial charge < -0.3 is 9.64 Å². The summed E-state index contributed by atoms with van der Waals surface area (Å²) in [5.74, 6) is 1.65. The van der Waals surface area contributed by atoms with Gasteiger partial charge in [0.05, 0.1) is 17.4 Å². The third-order valence-electron chi connectivity index (χ3n) is 6.42. The van der Waals surface area contributed by atoms with E-state index < -0.39 is 0 Å². The van der Waals surface area contributed by atoms with Crippen LogP contribution in [0.25, 0.3) is 0 Å². The third kappa shape index (κ3) is 4.39. The second kappa shape index (κ2) is 8.83. The van der Waals surface area contributed by atoms with Gasteiger partial charge in [0.25, 0.3) is 5.19 Å². The molecule has 0 atom stereocenters. The van der Waals surface area contributed by atoms with Gasteiger partial charge in [0.1, 0.15) is 5.75 Å². The first-order valence-corrected chi connectivity index (χ1v) is 12.4. The predicted octanol–water partition coefficient (Wildman–Crippen LogP) is 6.83. The van der Waals surface area contributed by atoms with Crippen molar-refractivity contribution in [2.24, 2.45) is 4.99 Å². The highest BCUT2D eigenvalue weighted by molar-refractivity contribution is 7.07. The van der Waals surface area contributed by atoms with Crippen LogP contribution in [-0.2, 0) is 5.41 Å². The van der Waals surface area contributed by atoms with Gasteiger partial charge in [-0.25, -0.2) is 4.99 Å². The molecule has 166 valence electrons. The van der Waals surface area contributed by atoms with Gasteiger partial charge in [-0.3, -0.25) is 0 Å². The molecule has 1 aliphatic carbocycles. The lowest BCUT2D eigenvalue weighted by Gasteiger charge is -2.23. The first-order valence-electron chi connectivity index (χ1n) is 11.2. The molecule has 5 rings (SSSR count). The van der Waals surface area contributed by atoms with Crippen molar-refractivity contribution in [2.45, 2.75) is 51.4 Å². The number of piperidine rings is 1. The van der Waals surface area contributed by atoms with Gasteiger partial charge in [-0.05, 0) is 86.9 Å². The normalized spacial score (nSPS) is 17.7. The molecule has 5 nitrogen and oxygen atoms in total. The number of hydrogen-bond donors (Lipinski definition) is 0. The van der Waals surface area contributed by atoms with E-state index in [1.54, 1.807) is 0 Å². The van der Waals surface area contributed by atoms with E-state index in [0.717, 1.165) is 59.3 Å². The van der Waals surface area contributed by atoms with Crippen LogP contribution in [0.3, 0.4) is 0 Å². The molecule has 0 bridgehead atoms. The summed E-state index contributed by atoms with van der Waals surface area (Å²) in [6.45, 7) is 6.31. The van der Waals surface area contributed by atoms with Crippen LogP contribution in [-0.4, -0.2) is 33.7 Å². The highest BCUT2D eigenvalue weighted by atomic mass is 35.5. The first kappa shape index (κ1) is 21.4. The summed E-state index contributed by atoms with van der Waals surface area (Å²) >= 11 is 7.37. The summed E-state index contributed by atoms with van der Waals surface area (Å²) in [4.78, 5) is 11.8. The number of likely N-dealkylation sites (tertiary alicyclic amines) is 1. The molecule has 32 heavy (non-hydrogen) atoms. The van der Waals surface area contributed by atoms with Crippen molar-refractivity contribution in [1.29, 1.82) is 0 Å². The number of hydrogen-bond acceptors (Lipinski definition) is 5. The molecule has 1 saturated heterocycles. The molecule has 1 aromatic heterocycles. The molecule has 0 amide bonds. The summed E-state index contributed by atoms with van der Waals surface area (Å²) in [5, 5.41) is 1.32. The number of aryl methyl sites for hydroxylation is 2. The molecule has 0 N–H and O–H groups in total. The summed E-state index contributed by atoms with van der Waals surface area (Å²) in [6, 6.07) is 12.2. The van der Waals surface area contributed by atoms with Crippen LogP contribution >= 0.6 is 23.1 Å².